The summed E-state index contributed by atoms with van der Waals surface area (Å²) in [5.41, 5.74) is 5.79. The van der Waals surface area contributed by atoms with Crippen molar-refractivity contribution in [2.45, 2.75) is 50.7 Å². The second-order valence-corrected chi connectivity index (χ2v) is 5.53. The first-order valence-electron chi connectivity index (χ1n) is 6.52. The molecule has 18 heavy (non-hydrogen) atoms. The first-order valence-corrected chi connectivity index (χ1v) is 6.52. The molecule has 1 fully saturated rings. The Morgan fingerprint density at radius 2 is 2.33 bits per heavy atom. The Morgan fingerprint density at radius 3 is 3.00 bits per heavy atom. The molecule has 0 radical (unpaired) electrons. The van der Waals surface area contributed by atoms with Gasteiger partial charge in [0.05, 0.1) is 17.8 Å². The molecule has 0 amide bonds. The molecule has 0 saturated carbocycles. The van der Waals surface area contributed by atoms with Crippen LogP contribution in [0.3, 0.4) is 0 Å². The summed E-state index contributed by atoms with van der Waals surface area (Å²) < 4.78 is 5.77. The van der Waals surface area contributed by atoms with Crippen LogP contribution in [0, 0.1) is 0 Å². The summed E-state index contributed by atoms with van der Waals surface area (Å²) >= 11 is 0. The average Bonchev–Trinajstić information content (AvgIpc) is 2.32. The van der Waals surface area contributed by atoms with Gasteiger partial charge in [-0.05, 0) is 31.4 Å². The molecule has 2 rings (SSSR count). The van der Waals surface area contributed by atoms with Crippen LogP contribution in [0.1, 0.15) is 38.7 Å². The van der Waals surface area contributed by atoms with Gasteiger partial charge in [-0.25, -0.2) is 4.98 Å². The molecular weight excluding hydrogens is 228 g/mol. The minimum Gasteiger partial charge on any atom is -0.389 e. The van der Waals surface area contributed by atoms with Crippen LogP contribution in [-0.2, 0) is 11.2 Å². The maximum atomic E-state index is 10.8. The molecule has 2 heterocycles. The van der Waals surface area contributed by atoms with E-state index in [2.05, 4.69) is 18.8 Å². The molecule has 1 saturated heterocycles. The largest absolute Gasteiger partial charge is 0.389 e. The maximum absolute atomic E-state index is 10.8. The zero-order valence-electron chi connectivity index (χ0n) is 11.1. The Kier molecular flexibility index (Phi) is 3.59. The smallest absolute Gasteiger partial charge is 0.126 e. The lowest BCUT2D eigenvalue weighted by atomic mass is 9.78. The summed E-state index contributed by atoms with van der Waals surface area (Å²) in [5.74, 6) is 0.510. The van der Waals surface area contributed by atoms with Crippen LogP contribution in [0.15, 0.2) is 18.3 Å². The van der Waals surface area contributed by atoms with Gasteiger partial charge in [0.2, 0.25) is 0 Å². The molecular formula is C14H22N2O2. The van der Waals surface area contributed by atoms with Crippen LogP contribution in [-0.4, -0.2) is 27.9 Å². The highest BCUT2D eigenvalue weighted by Gasteiger charge is 2.41. The van der Waals surface area contributed by atoms with Crippen LogP contribution in [0.2, 0.25) is 0 Å². The molecule has 1 aromatic rings. The second kappa shape index (κ2) is 4.86. The van der Waals surface area contributed by atoms with E-state index < -0.39 is 5.60 Å². The Hall–Kier alpha value is -1.13. The normalized spacial score (nSPS) is 32.4. The molecule has 1 aliphatic heterocycles. The predicted octanol–water partition coefficient (Wildman–Crippen LogP) is 1.92. The SMILES string of the molecule is CCC1(C)CC(O)(Cc2cccnc2N)CCO1. The zero-order chi connectivity index (χ0) is 13.2. The number of nitrogens with two attached hydrogens (primary N) is 1. The first kappa shape index (κ1) is 13.3. The number of ether oxygens (including phenoxy) is 1. The number of nitrogens with zero attached hydrogens (tertiary/aromatic N) is 1. The van der Waals surface area contributed by atoms with Gasteiger partial charge < -0.3 is 15.6 Å². The van der Waals surface area contributed by atoms with E-state index >= 15 is 0 Å². The molecule has 2 atom stereocenters. The minimum atomic E-state index is -0.736. The number of anilines is 1. The molecule has 0 spiro atoms. The summed E-state index contributed by atoms with van der Waals surface area (Å²) in [5, 5.41) is 10.8. The summed E-state index contributed by atoms with van der Waals surface area (Å²) in [6, 6.07) is 3.78. The van der Waals surface area contributed by atoms with Crippen molar-refractivity contribution in [1.29, 1.82) is 0 Å². The summed E-state index contributed by atoms with van der Waals surface area (Å²) in [7, 11) is 0. The van der Waals surface area contributed by atoms with Crippen LogP contribution < -0.4 is 5.73 Å². The van der Waals surface area contributed by atoms with E-state index in [1.165, 1.54) is 0 Å². The third-order valence-electron chi connectivity index (χ3n) is 3.91. The molecule has 100 valence electrons. The van der Waals surface area contributed by atoms with E-state index in [9.17, 15) is 5.11 Å². The fourth-order valence-corrected chi connectivity index (χ4v) is 2.66. The van der Waals surface area contributed by atoms with Gasteiger partial charge in [-0.1, -0.05) is 13.0 Å². The highest BCUT2D eigenvalue weighted by molar-refractivity contribution is 5.39. The lowest BCUT2D eigenvalue weighted by Crippen LogP contribution is -2.48. The van der Waals surface area contributed by atoms with Crippen molar-refractivity contribution in [2.24, 2.45) is 0 Å². The van der Waals surface area contributed by atoms with E-state index in [1.54, 1.807) is 6.20 Å². The van der Waals surface area contributed by atoms with Gasteiger partial charge in [-0.3, -0.25) is 0 Å². The van der Waals surface area contributed by atoms with Crippen molar-refractivity contribution in [2.75, 3.05) is 12.3 Å². The number of nitrogen functional groups attached to an aromatic ring is 1. The topological polar surface area (TPSA) is 68.4 Å². The highest BCUT2D eigenvalue weighted by atomic mass is 16.5. The second-order valence-electron chi connectivity index (χ2n) is 5.53. The standard InChI is InChI=1S/C14H22N2O2/c1-3-13(2)10-14(17,6-8-18-13)9-11-5-4-7-16-12(11)15/h4-5,7,17H,3,6,8-10H2,1-2H3,(H2,15,16). The third kappa shape index (κ3) is 2.82. The van der Waals surface area contributed by atoms with Crippen LogP contribution in [0.5, 0.6) is 0 Å². The molecule has 2 unspecified atom stereocenters. The van der Waals surface area contributed by atoms with Crippen molar-refractivity contribution in [3.8, 4) is 0 Å². The molecule has 1 aromatic heterocycles. The van der Waals surface area contributed by atoms with Gasteiger partial charge in [-0.15, -0.1) is 0 Å². The minimum absolute atomic E-state index is 0.232. The molecule has 0 aromatic carbocycles. The fourth-order valence-electron chi connectivity index (χ4n) is 2.66. The molecule has 0 aliphatic carbocycles. The number of hydrogen-bond donors (Lipinski definition) is 2. The Labute approximate surface area is 108 Å². The van der Waals surface area contributed by atoms with Gasteiger partial charge in [0.15, 0.2) is 0 Å². The van der Waals surface area contributed by atoms with Gasteiger partial charge in [0.25, 0.3) is 0 Å². The monoisotopic (exact) mass is 250 g/mol. The highest BCUT2D eigenvalue weighted by Crippen LogP contribution is 2.36. The van der Waals surface area contributed by atoms with Gasteiger partial charge in [-0.2, -0.15) is 0 Å². The van der Waals surface area contributed by atoms with E-state index in [0.29, 0.717) is 31.7 Å². The summed E-state index contributed by atoms with van der Waals surface area (Å²) in [6.45, 7) is 4.74. The lowest BCUT2D eigenvalue weighted by Gasteiger charge is -2.43. The summed E-state index contributed by atoms with van der Waals surface area (Å²) in [6.07, 6.45) is 4.41. The van der Waals surface area contributed by atoms with Crippen LogP contribution in [0.4, 0.5) is 5.82 Å². The number of pyridine rings is 1. The molecule has 4 nitrogen and oxygen atoms in total. The van der Waals surface area contributed by atoms with Crippen LogP contribution in [0.25, 0.3) is 0 Å². The summed E-state index contributed by atoms with van der Waals surface area (Å²) in [4.78, 5) is 4.07. The molecule has 1 aliphatic rings. The van der Waals surface area contributed by atoms with Crippen LogP contribution >= 0.6 is 0 Å². The number of hydrogen-bond acceptors (Lipinski definition) is 4. The molecule has 0 bridgehead atoms. The number of aliphatic hydroxyl groups is 1. The van der Waals surface area contributed by atoms with Gasteiger partial charge in [0.1, 0.15) is 5.82 Å². The fraction of sp³-hybridized carbons (Fsp3) is 0.643. The number of rotatable bonds is 3. The predicted molar refractivity (Wildman–Crippen MR) is 71.2 cm³/mol. The molecule has 4 heteroatoms. The molecule has 3 N–H and O–H groups in total. The Balaban J connectivity index is 2.15. The van der Waals surface area contributed by atoms with Crippen molar-refractivity contribution in [3.63, 3.8) is 0 Å². The maximum Gasteiger partial charge on any atom is 0.126 e. The quantitative estimate of drug-likeness (QED) is 0.860. The van der Waals surface area contributed by atoms with Gasteiger partial charge >= 0.3 is 0 Å². The Morgan fingerprint density at radius 1 is 1.56 bits per heavy atom. The van der Waals surface area contributed by atoms with Crippen molar-refractivity contribution < 1.29 is 9.84 Å². The average molecular weight is 250 g/mol. The zero-order valence-corrected chi connectivity index (χ0v) is 11.1. The van der Waals surface area contributed by atoms with E-state index in [4.69, 9.17) is 10.5 Å². The van der Waals surface area contributed by atoms with Crippen molar-refractivity contribution in [3.05, 3.63) is 23.9 Å². The van der Waals surface area contributed by atoms with E-state index in [0.717, 1.165) is 12.0 Å². The van der Waals surface area contributed by atoms with Gasteiger partial charge in [0, 0.05) is 19.0 Å². The van der Waals surface area contributed by atoms with E-state index in [-0.39, 0.29) is 5.60 Å². The number of aromatic nitrogens is 1. The lowest BCUT2D eigenvalue weighted by molar-refractivity contribution is -0.152. The van der Waals surface area contributed by atoms with Crippen molar-refractivity contribution >= 4 is 5.82 Å². The van der Waals surface area contributed by atoms with Crippen molar-refractivity contribution in [1.82, 2.24) is 4.98 Å². The Bertz CT molecular complexity index is 424. The third-order valence-corrected chi connectivity index (χ3v) is 3.91. The first-order chi connectivity index (χ1) is 8.46. The van der Waals surface area contributed by atoms with E-state index in [1.807, 2.05) is 12.1 Å².